The number of hydrogen-bond donors (Lipinski definition) is 1. The van der Waals surface area contributed by atoms with Gasteiger partial charge in [-0.2, -0.15) is 9.97 Å². The number of hydrogen-bond acceptors (Lipinski definition) is 8. The van der Waals surface area contributed by atoms with E-state index in [9.17, 15) is 4.79 Å². The first-order valence-corrected chi connectivity index (χ1v) is 8.99. The van der Waals surface area contributed by atoms with Crippen LogP contribution in [-0.2, 0) is 4.79 Å². The molecule has 1 aromatic carbocycles. The Bertz CT molecular complexity index is 786. The zero-order chi connectivity index (χ0) is 19.9. The van der Waals surface area contributed by atoms with E-state index in [0.717, 1.165) is 37.6 Å². The monoisotopic (exact) mass is 387 g/mol. The number of rotatable bonds is 7. The number of anilines is 2. The fourth-order valence-electron chi connectivity index (χ4n) is 3.01. The van der Waals surface area contributed by atoms with Crippen LogP contribution in [0.3, 0.4) is 0 Å². The Morgan fingerprint density at radius 2 is 1.68 bits per heavy atom. The highest BCUT2D eigenvalue weighted by atomic mass is 16.5. The van der Waals surface area contributed by atoms with Crippen molar-refractivity contribution >= 4 is 17.5 Å². The SMILES string of the molecule is COc1cccc(N2CCN(CC(=O)Nc3nc(OC)cc(OC)n3)CC2)c1. The number of nitrogens with one attached hydrogen (secondary N) is 1. The van der Waals surface area contributed by atoms with Crippen LogP contribution in [0, 0.1) is 0 Å². The molecule has 0 spiro atoms. The van der Waals surface area contributed by atoms with Gasteiger partial charge in [0, 0.05) is 37.9 Å². The van der Waals surface area contributed by atoms with E-state index in [1.165, 1.54) is 14.2 Å². The van der Waals surface area contributed by atoms with Crippen molar-refractivity contribution in [2.45, 2.75) is 0 Å². The van der Waals surface area contributed by atoms with E-state index in [1.54, 1.807) is 13.2 Å². The van der Waals surface area contributed by atoms with Crippen LogP contribution in [0.25, 0.3) is 0 Å². The van der Waals surface area contributed by atoms with Crippen LogP contribution in [0.4, 0.5) is 11.6 Å². The van der Waals surface area contributed by atoms with E-state index in [0.29, 0.717) is 11.8 Å². The second kappa shape index (κ2) is 9.23. The molecule has 0 saturated carbocycles. The minimum atomic E-state index is -0.176. The number of amides is 1. The molecule has 0 bridgehead atoms. The van der Waals surface area contributed by atoms with Crippen molar-refractivity contribution in [2.24, 2.45) is 0 Å². The number of aromatic nitrogens is 2. The zero-order valence-corrected chi connectivity index (χ0v) is 16.3. The van der Waals surface area contributed by atoms with E-state index in [-0.39, 0.29) is 18.4 Å². The maximum Gasteiger partial charge on any atom is 0.240 e. The first kappa shape index (κ1) is 19.7. The normalized spacial score (nSPS) is 14.5. The highest BCUT2D eigenvalue weighted by molar-refractivity contribution is 5.90. The molecular weight excluding hydrogens is 362 g/mol. The van der Waals surface area contributed by atoms with Gasteiger partial charge in [-0.15, -0.1) is 0 Å². The van der Waals surface area contributed by atoms with Crippen LogP contribution in [0.15, 0.2) is 30.3 Å². The first-order valence-electron chi connectivity index (χ1n) is 8.99. The number of ether oxygens (including phenoxy) is 3. The summed E-state index contributed by atoms with van der Waals surface area (Å²) in [4.78, 5) is 25.0. The third-order valence-corrected chi connectivity index (χ3v) is 4.51. The lowest BCUT2D eigenvalue weighted by Crippen LogP contribution is -2.48. The number of carbonyl (C=O) groups is 1. The van der Waals surface area contributed by atoms with Gasteiger partial charge in [0.25, 0.3) is 0 Å². The number of nitrogens with zero attached hydrogens (tertiary/aromatic N) is 4. The average Bonchev–Trinajstić information content (AvgIpc) is 2.73. The van der Waals surface area contributed by atoms with Gasteiger partial charge >= 0.3 is 0 Å². The smallest absolute Gasteiger partial charge is 0.240 e. The molecule has 0 unspecified atom stereocenters. The lowest BCUT2D eigenvalue weighted by Gasteiger charge is -2.35. The number of methoxy groups -OCH3 is 3. The van der Waals surface area contributed by atoms with Gasteiger partial charge in [-0.3, -0.25) is 15.0 Å². The molecule has 1 fully saturated rings. The molecule has 1 aliphatic heterocycles. The van der Waals surface area contributed by atoms with Crippen molar-refractivity contribution in [3.63, 3.8) is 0 Å². The van der Waals surface area contributed by atoms with Crippen molar-refractivity contribution in [3.05, 3.63) is 30.3 Å². The molecule has 3 rings (SSSR count). The van der Waals surface area contributed by atoms with Crippen molar-refractivity contribution in [2.75, 3.05) is 64.3 Å². The molecule has 150 valence electrons. The van der Waals surface area contributed by atoms with Crippen molar-refractivity contribution < 1.29 is 19.0 Å². The van der Waals surface area contributed by atoms with Crippen LogP contribution < -0.4 is 24.4 Å². The molecule has 2 aromatic rings. The average molecular weight is 387 g/mol. The summed E-state index contributed by atoms with van der Waals surface area (Å²) in [6.45, 7) is 3.52. The molecule has 1 aromatic heterocycles. The topological polar surface area (TPSA) is 89.1 Å². The summed E-state index contributed by atoms with van der Waals surface area (Å²) in [5.74, 6) is 1.48. The fraction of sp³-hybridized carbons (Fsp3) is 0.421. The van der Waals surface area contributed by atoms with E-state index in [1.807, 2.05) is 18.2 Å². The van der Waals surface area contributed by atoms with Gasteiger partial charge in [0.1, 0.15) is 5.75 Å². The maximum absolute atomic E-state index is 12.4. The Kier molecular flexibility index (Phi) is 6.49. The summed E-state index contributed by atoms with van der Waals surface area (Å²) >= 11 is 0. The second-order valence-electron chi connectivity index (χ2n) is 6.29. The summed E-state index contributed by atoms with van der Waals surface area (Å²) in [7, 11) is 4.65. The summed E-state index contributed by atoms with van der Waals surface area (Å²) in [6.07, 6.45) is 0. The van der Waals surface area contributed by atoms with Crippen LogP contribution in [0.5, 0.6) is 17.5 Å². The molecule has 1 amide bonds. The van der Waals surface area contributed by atoms with Gasteiger partial charge in [-0.05, 0) is 12.1 Å². The van der Waals surface area contributed by atoms with E-state index >= 15 is 0 Å². The molecule has 9 heteroatoms. The summed E-state index contributed by atoms with van der Waals surface area (Å²) in [5.41, 5.74) is 1.13. The molecule has 2 heterocycles. The third-order valence-electron chi connectivity index (χ3n) is 4.51. The predicted molar refractivity (Wildman–Crippen MR) is 105 cm³/mol. The van der Waals surface area contributed by atoms with Crippen LogP contribution in [0.2, 0.25) is 0 Å². The van der Waals surface area contributed by atoms with E-state index in [2.05, 4.69) is 31.2 Å². The molecule has 1 saturated heterocycles. The maximum atomic E-state index is 12.4. The van der Waals surface area contributed by atoms with Crippen molar-refractivity contribution in [3.8, 4) is 17.5 Å². The number of benzene rings is 1. The zero-order valence-electron chi connectivity index (χ0n) is 16.3. The predicted octanol–water partition coefficient (Wildman–Crippen LogP) is 1.26. The lowest BCUT2D eigenvalue weighted by atomic mass is 10.2. The standard InChI is InChI=1S/C19H25N5O4/c1-26-15-6-4-5-14(11-15)24-9-7-23(8-10-24)13-16(25)20-19-21-17(27-2)12-18(22-19)28-3/h4-6,11-12H,7-10,13H2,1-3H3,(H,20,21,22,25). The summed E-state index contributed by atoms with van der Waals surface area (Å²) < 4.78 is 15.5. The van der Waals surface area contributed by atoms with Crippen LogP contribution >= 0.6 is 0 Å². The molecule has 0 atom stereocenters. The van der Waals surface area contributed by atoms with Crippen molar-refractivity contribution in [1.29, 1.82) is 0 Å². The lowest BCUT2D eigenvalue weighted by molar-refractivity contribution is -0.117. The third kappa shape index (κ3) is 5.01. The minimum absolute atomic E-state index is 0.163. The van der Waals surface area contributed by atoms with Gasteiger partial charge in [0.2, 0.25) is 23.6 Å². The quantitative estimate of drug-likeness (QED) is 0.760. The Hall–Kier alpha value is -3.07. The Balaban J connectivity index is 1.52. The highest BCUT2D eigenvalue weighted by Gasteiger charge is 2.20. The molecule has 0 radical (unpaired) electrons. The molecular formula is C19H25N5O4. The van der Waals surface area contributed by atoms with E-state index in [4.69, 9.17) is 14.2 Å². The van der Waals surface area contributed by atoms with Gasteiger partial charge in [-0.25, -0.2) is 0 Å². The molecule has 28 heavy (non-hydrogen) atoms. The summed E-state index contributed by atoms with van der Waals surface area (Å²) in [5, 5.41) is 2.70. The highest BCUT2D eigenvalue weighted by Crippen LogP contribution is 2.22. The van der Waals surface area contributed by atoms with Gasteiger partial charge in [0.05, 0.1) is 33.9 Å². The number of piperazine rings is 1. The summed E-state index contributed by atoms with van der Waals surface area (Å²) in [6, 6.07) is 9.55. The van der Waals surface area contributed by atoms with Crippen LogP contribution in [0.1, 0.15) is 0 Å². The molecule has 0 aliphatic carbocycles. The van der Waals surface area contributed by atoms with E-state index < -0.39 is 0 Å². The molecule has 1 N–H and O–H groups in total. The molecule has 9 nitrogen and oxygen atoms in total. The van der Waals surface area contributed by atoms with Crippen molar-refractivity contribution in [1.82, 2.24) is 14.9 Å². The fourth-order valence-corrected chi connectivity index (χ4v) is 3.01. The van der Waals surface area contributed by atoms with Gasteiger partial charge < -0.3 is 19.1 Å². The Morgan fingerprint density at radius 3 is 2.29 bits per heavy atom. The second-order valence-corrected chi connectivity index (χ2v) is 6.29. The van der Waals surface area contributed by atoms with Gasteiger partial charge in [0.15, 0.2) is 0 Å². The van der Waals surface area contributed by atoms with Crippen LogP contribution in [-0.4, -0.2) is 74.8 Å². The Labute approximate surface area is 164 Å². The number of carbonyl (C=O) groups excluding carboxylic acids is 1. The molecule has 1 aliphatic rings. The first-order chi connectivity index (χ1) is 13.6. The Morgan fingerprint density at radius 1 is 1.00 bits per heavy atom. The largest absolute Gasteiger partial charge is 0.497 e. The van der Waals surface area contributed by atoms with Gasteiger partial charge in [-0.1, -0.05) is 6.07 Å². The minimum Gasteiger partial charge on any atom is -0.497 e.